The van der Waals surface area contributed by atoms with E-state index in [0.29, 0.717) is 11.1 Å². The first-order chi connectivity index (χ1) is 13.8. The molecule has 1 fully saturated rings. The second kappa shape index (κ2) is 9.04. The molecule has 0 spiro atoms. The summed E-state index contributed by atoms with van der Waals surface area (Å²) in [5, 5.41) is 8.83. The quantitative estimate of drug-likeness (QED) is 0.718. The van der Waals surface area contributed by atoms with Crippen molar-refractivity contribution < 1.29 is 22.7 Å². The molecule has 1 aliphatic heterocycles. The number of hydrogen-bond acceptors (Lipinski definition) is 6. The van der Waals surface area contributed by atoms with Crippen LogP contribution < -0.4 is 0 Å². The Morgan fingerprint density at radius 1 is 1.10 bits per heavy atom. The molecule has 30 heavy (non-hydrogen) atoms. The SMILES string of the molecule is C[C@@H]1CN(C(=O)OC(C)(C)C)[C@@H](C)CN1C(=O)CS(=O)(=O)Cc1ccc(C#N)cc1. The predicted molar refractivity (Wildman–Crippen MR) is 112 cm³/mol. The van der Waals surface area contributed by atoms with Gasteiger partial charge in [0.1, 0.15) is 11.4 Å². The number of ether oxygens (including phenoxy) is 1. The Morgan fingerprint density at radius 2 is 1.63 bits per heavy atom. The van der Waals surface area contributed by atoms with Crippen LogP contribution >= 0.6 is 0 Å². The fourth-order valence-corrected chi connectivity index (χ4v) is 4.64. The maximum Gasteiger partial charge on any atom is 0.410 e. The number of rotatable bonds is 4. The number of benzene rings is 1. The average Bonchev–Trinajstić information content (AvgIpc) is 2.61. The Hall–Kier alpha value is -2.60. The first-order valence-corrected chi connectivity index (χ1v) is 11.6. The molecule has 0 bridgehead atoms. The molecule has 1 aromatic rings. The van der Waals surface area contributed by atoms with Gasteiger partial charge in [-0.15, -0.1) is 0 Å². The molecule has 0 radical (unpaired) electrons. The van der Waals surface area contributed by atoms with Crippen LogP contribution in [0.15, 0.2) is 24.3 Å². The van der Waals surface area contributed by atoms with Crippen LogP contribution in [0.2, 0.25) is 0 Å². The molecule has 0 N–H and O–H groups in total. The Balaban J connectivity index is 2.01. The maximum absolute atomic E-state index is 12.7. The Kier molecular flexibility index (Phi) is 7.14. The van der Waals surface area contributed by atoms with E-state index < -0.39 is 33.2 Å². The summed E-state index contributed by atoms with van der Waals surface area (Å²) in [6.07, 6.45) is -0.442. The average molecular weight is 436 g/mol. The zero-order valence-electron chi connectivity index (χ0n) is 18.1. The molecule has 8 nitrogen and oxygen atoms in total. The van der Waals surface area contributed by atoms with E-state index in [9.17, 15) is 18.0 Å². The summed E-state index contributed by atoms with van der Waals surface area (Å²) in [5.41, 5.74) is 0.350. The molecule has 1 saturated heterocycles. The van der Waals surface area contributed by atoms with Crippen molar-refractivity contribution in [1.29, 1.82) is 5.26 Å². The number of amides is 2. The minimum absolute atomic E-state index is 0.242. The van der Waals surface area contributed by atoms with E-state index >= 15 is 0 Å². The highest BCUT2D eigenvalue weighted by Gasteiger charge is 2.37. The van der Waals surface area contributed by atoms with Crippen LogP contribution in [0.4, 0.5) is 4.79 Å². The molecular weight excluding hydrogens is 406 g/mol. The molecule has 0 aromatic heterocycles. The number of nitrogens with zero attached hydrogens (tertiary/aromatic N) is 3. The van der Waals surface area contributed by atoms with Gasteiger partial charge in [-0.2, -0.15) is 5.26 Å². The smallest absolute Gasteiger partial charge is 0.410 e. The maximum atomic E-state index is 12.7. The lowest BCUT2D eigenvalue weighted by molar-refractivity contribution is -0.134. The van der Waals surface area contributed by atoms with Gasteiger partial charge in [-0.25, -0.2) is 13.2 Å². The number of carbonyl (C=O) groups is 2. The topological polar surface area (TPSA) is 108 Å². The van der Waals surface area contributed by atoms with Gasteiger partial charge < -0.3 is 14.5 Å². The molecule has 164 valence electrons. The van der Waals surface area contributed by atoms with Gasteiger partial charge in [0.25, 0.3) is 0 Å². The number of sulfone groups is 1. The van der Waals surface area contributed by atoms with E-state index in [1.165, 1.54) is 4.90 Å². The van der Waals surface area contributed by atoms with Crippen molar-refractivity contribution >= 4 is 21.8 Å². The monoisotopic (exact) mass is 435 g/mol. The molecule has 1 aliphatic rings. The van der Waals surface area contributed by atoms with E-state index in [1.807, 2.05) is 6.07 Å². The van der Waals surface area contributed by atoms with Crippen molar-refractivity contribution in [3.05, 3.63) is 35.4 Å². The van der Waals surface area contributed by atoms with Crippen LogP contribution in [-0.2, 0) is 25.1 Å². The number of piperazine rings is 1. The number of hydrogen-bond donors (Lipinski definition) is 0. The first-order valence-electron chi connectivity index (χ1n) is 9.80. The standard InChI is InChI=1S/C21H29N3O5S/c1-15-12-24(20(26)29-21(3,4)5)16(2)11-23(15)19(25)14-30(27,28)13-18-8-6-17(10-22)7-9-18/h6-9,15-16H,11-14H2,1-5H3/t15-,16+/m1/s1. The number of carbonyl (C=O) groups excluding carboxylic acids is 2. The molecule has 2 rings (SSSR count). The van der Waals surface area contributed by atoms with Crippen LogP contribution in [0.5, 0.6) is 0 Å². The van der Waals surface area contributed by atoms with E-state index in [2.05, 4.69) is 0 Å². The van der Waals surface area contributed by atoms with Crippen molar-refractivity contribution in [2.45, 2.75) is 58.1 Å². The van der Waals surface area contributed by atoms with Gasteiger partial charge in [0.2, 0.25) is 5.91 Å². The summed E-state index contributed by atoms with van der Waals surface area (Å²) in [7, 11) is -3.68. The van der Waals surface area contributed by atoms with Crippen molar-refractivity contribution in [2.75, 3.05) is 18.8 Å². The van der Waals surface area contributed by atoms with Gasteiger partial charge >= 0.3 is 6.09 Å². The highest BCUT2D eigenvalue weighted by atomic mass is 32.2. The fraction of sp³-hybridized carbons (Fsp3) is 0.571. The third-order valence-corrected chi connectivity index (χ3v) is 6.21. The molecule has 2 amide bonds. The highest BCUT2D eigenvalue weighted by Crippen LogP contribution is 2.20. The molecule has 0 aliphatic carbocycles. The normalized spacial score (nSPS) is 19.9. The molecule has 0 saturated carbocycles. The lowest BCUT2D eigenvalue weighted by Gasteiger charge is -2.44. The van der Waals surface area contributed by atoms with Crippen LogP contribution in [0.1, 0.15) is 45.7 Å². The molecule has 1 heterocycles. The third-order valence-electron chi connectivity index (χ3n) is 4.75. The summed E-state index contributed by atoms with van der Waals surface area (Å²) in [5.74, 6) is -1.35. The van der Waals surface area contributed by atoms with Gasteiger partial charge in [-0.1, -0.05) is 12.1 Å². The highest BCUT2D eigenvalue weighted by molar-refractivity contribution is 7.91. The van der Waals surface area contributed by atoms with Crippen molar-refractivity contribution in [3.63, 3.8) is 0 Å². The van der Waals surface area contributed by atoms with E-state index in [1.54, 1.807) is 63.8 Å². The largest absolute Gasteiger partial charge is 0.444 e. The summed E-state index contributed by atoms with van der Waals surface area (Å²) in [6.45, 7) is 9.48. The van der Waals surface area contributed by atoms with Gasteiger partial charge in [-0.05, 0) is 52.3 Å². The third kappa shape index (κ3) is 6.46. The fourth-order valence-electron chi connectivity index (χ4n) is 3.30. The minimum atomic E-state index is -3.68. The van der Waals surface area contributed by atoms with Gasteiger partial charge in [0.05, 0.1) is 17.4 Å². The zero-order chi connectivity index (χ0) is 22.7. The Labute approximate surface area is 178 Å². The van der Waals surface area contributed by atoms with Crippen molar-refractivity contribution in [2.24, 2.45) is 0 Å². The molecule has 2 atom stereocenters. The van der Waals surface area contributed by atoms with E-state index in [4.69, 9.17) is 10.00 Å². The molecular formula is C21H29N3O5S. The minimum Gasteiger partial charge on any atom is -0.444 e. The Morgan fingerprint density at radius 3 is 2.17 bits per heavy atom. The summed E-state index contributed by atoms with van der Waals surface area (Å²) in [6, 6.07) is 7.60. The zero-order valence-corrected chi connectivity index (χ0v) is 18.9. The summed E-state index contributed by atoms with van der Waals surface area (Å²) >= 11 is 0. The number of nitriles is 1. The lowest BCUT2D eigenvalue weighted by atomic mass is 10.1. The second-order valence-corrected chi connectivity index (χ2v) is 10.8. The van der Waals surface area contributed by atoms with Crippen LogP contribution in [0.3, 0.4) is 0 Å². The summed E-state index contributed by atoms with van der Waals surface area (Å²) < 4.78 is 30.5. The van der Waals surface area contributed by atoms with Gasteiger partial charge in [0, 0.05) is 25.2 Å². The van der Waals surface area contributed by atoms with E-state index in [-0.39, 0.29) is 30.9 Å². The second-order valence-electron chi connectivity index (χ2n) is 8.72. The van der Waals surface area contributed by atoms with Crippen LogP contribution in [0.25, 0.3) is 0 Å². The summed E-state index contributed by atoms with van der Waals surface area (Å²) in [4.78, 5) is 28.2. The van der Waals surface area contributed by atoms with Gasteiger partial charge in [-0.3, -0.25) is 4.79 Å². The molecule has 0 unspecified atom stereocenters. The van der Waals surface area contributed by atoms with E-state index in [0.717, 1.165) is 0 Å². The van der Waals surface area contributed by atoms with Crippen molar-refractivity contribution in [1.82, 2.24) is 9.80 Å². The first kappa shape index (κ1) is 23.7. The molecule has 9 heteroatoms. The predicted octanol–water partition coefficient (Wildman–Crippen LogP) is 2.33. The van der Waals surface area contributed by atoms with Crippen molar-refractivity contribution in [3.8, 4) is 6.07 Å². The lowest BCUT2D eigenvalue weighted by Crippen LogP contribution is -2.60. The van der Waals surface area contributed by atoms with Crippen LogP contribution in [-0.4, -0.2) is 66.7 Å². The van der Waals surface area contributed by atoms with Gasteiger partial charge in [0.15, 0.2) is 9.84 Å². The Bertz CT molecular complexity index is 929. The molecule has 1 aromatic carbocycles. The van der Waals surface area contributed by atoms with Crippen LogP contribution in [0, 0.1) is 11.3 Å².